The van der Waals surface area contributed by atoms with E-state index in [2.05, 4.69) is 10.6 Å². The lowest BCUT2D eigenvalue weighted by Crippen LogP contribution is -2.45. The second-order valence-corrected chi connectivity index (χ2v) is 5.93. The molecule has 2 N–H and O–H groups in total. The third kappa shape index (κ3) is 3.79. The second kappa shape index (κ2) is 7.25. The number of urea groups is 1. The van der Waals surface area contributed by atoms with Gasteiger partial charge in [-0.1, -0.05) is 36.4 Å². The molecule has 24 heavy (non-hydrogen) atoms. The van der Waals surface area contributed by atoms with Crippen molar-refractivity contribution in [2.75, 3.05) is 13.2 Å². The zero-order chi connectivity index (χ0) is 16.9. The highest BCUT2D eigenvalue weighted by Crippen LogP contribution is 2.30. The number of benzene rings is 2. The number of amides is 2. The normalized spacial score (nSPS) is 17.0. The lowest BCUT2D eigenvalue weighted by atomic mass is 10.0. The lowest BCUT2D eigenvalue weighted by Gasteiger charge is -2.26. The quantitative estimate of drug-likeness (QED) is 0.907. The lowest BCUT2D eigenvalue weighted by molar-refractivity contribution is 0.0917. The van der Waals surface area contributed by atoms with E-state index >= 15 is 0 Å². The molecule has 0 saturated heterocycles. The van der Waals surface area contributed by atoms with Gasteiger partial charge in [0.15, 0.2) is 17.6 Å². The Bertz CT molecular complexity index is 717. The van der Waals surface area contributed by atoms with Crippen LogP contribution in [0, 0.1) is 6.92 Å². The number of rotatable bonds is 4. The molecule has 0 unspecified atom stereocenters. The first-order valence-electron chi connectivity index (χ1n) is 8.12. The number of aryl methyl sites for hydroxylation is 1. The van der Waals surface area contributed by atoms with Crippen LogP contribution in [-0.2, 0) is 0 Å². The molecule has 0 fully saturated rings. The highest BCUT2D eigenvalue weighted by molar-refractivity contribution is 5.74. The van der Waals surface area contributed by atoms with Gasteiger partial charge >= 0.3 is 6.03 Å². The summed E-state index contributed by atoms with van der Waals surface area (Å²) in [6.45, 7) is 4.82. The van der Waals surface area contributed by atoms with Crippen molar-refractivity contribution in [2.45, 2.75) is 26.0 Å². The molecule has 2 aromatic rings. The van der Waals surface area contributed by atoms with Crippen molar-refractivity contribution in [3.63, 3.8) is 0 Å². The van der Waals surface area contributed by atoms with Crippen LogP contribution in [0.25, 0.3) is 0 Å². The first-order chi connectivity index (χ1) is 11.6. The number of carbonyl (C=O) groups is 1. The predicted molar refractivity (Wildman–Crippen MR) is 92.5 cm³/mol. The van der Waals surface area contributed by atoms with E-state index < -0.39 is 0 Å². The maximum absolute atomic E-state index is 12.1. The average molecular weight is 326 g/mol. The summed E-state index contributed by atoms with van der Waals surface area (Å²) >= 11 is 0. The van der Waals surface area contributed by atoms with Crippen molar-refractivity contribution < 1.29 is 14.3 Å². The molecule has 2 aromatic carbocycles. The Morgan fingerprint density at radius 1 is 1.17 bits per heavy atom. The van der Waals surface area contributed by atoms with Crippen molar-refractivity contribution in [3.8, 4) is 11.5 Å². The van der Waals surface area contributed by atoms with E-state index in [1.165, 1.54) is 0 Å². The van der Waals surface area contributed by atoms with Crippen LogP contribution in [0.1, 0.15) is 24.1 Å². The minimum atomic E-state index is -0.215. The highest BCUT2D eigenvalue weighted by Gasteiger charge is 2.21. The number of hydrogen-bond donors (Lipinski definition) is 2. The molecule has 0 bridgehead atoms. The molecule has 1 aliphatic heterocycles. The van der Waals surface area contributed by atoms with E-state index in [0.717, 1.165) is 16.9 Å². The Labute approximate surface area is 142 Å². The van der Waals surface area contributed by atoms with E-state index in [9.17, 15) is 4.79 Å². The third-order valence-corrected chi connectivity index (χ3v) is 4.06. The molecule has 5 nitrogen and oxygen atoms in total. The standard InChI is InChI=1S/C19H22N2O3/c1-13-7-3-4-8-16(13)14(2)21-19(22)20-11-15-12-23-17-9-5-6-10-18(17)24-15/h3-10,14-15H,11-12H2,1-2H3,(H2,20,21,22)/t14-,15+/m1/s1. The SMILES string of the molecule is Cc1ccccc1[C@@H](C)NC(=O)NC[C@H]1COc2ccccc2O1. The van der Waals surface area contributed by atoms with Crippen LogP contribution >= 0.6 is 0 Å². The van der Waals surface area contributed by atoms with Crippen LogP contribution in [0.15, 0.2) is 48.5 Å². The minimum absolute atomic E-state index is 0.0598. The fraction of sp³-hybridized carbons (Fsp3) is 0.316. The molecule has 5 heteroatoms. The van der Waals surface area contributed by atoms with Crippen LogP contribution in [-0.4, -0.2) is 25.3 Å². The molecule has 1 heterocycles. The van der Waals surface area contributed by atoms with E-state index in [1.807, 2.05) is 62.4 Å². The molecular weight excluding hydrogens is 304 g/mol. The highest BCUT2D eigenvalue weighted by atomic mass is 16.6. The summed E-state index contributed by atoms with van der Waals surface area (Å²) in [5, 5.41) is 5.80. The van der Waals surface area contributed by atoms with Gasteiger partial charge in [-0.25, -0.2) is 4.79 Å². The Morgan fingerprint density at radius 2 is 1.88 bits per heavy atom. The number of fused-ring (bicyclic) bond motifs is 1. The summed E-state index contributed by atoms with van der Waals surface area (Å²) in [7, 11) is 0. The summed E-state index contributed by atoms with van der Waals surface area (Å²) in [6.07, 6.45) is -0.195. The van der Waals surface area contributed by atoms with Crippen molar-refractivity contribution in [1.29, 1.82) is 0 Å². The fourth-order valence-corrected chi connectivity index (χ4v) is 2.77. The van der Waals surface area contributed by atoms with Crippen LogP contribution in [0.4, 0.5) is 4.79 Å². The molecule has 0 radical (unpaired) electrons. The molecule has 0 saturated carbocycles. The van der Waals surface area contributed by atoms with Crippen molar-refractivity contribution in [3.05, 3.63) is 59.7 Å². The van der Waals surface area contributed by atoms with Crippen LogP contribution in [0.3, 0.4) is 0 Å². The number of nitrogens with one attached hydrogen (secondary N) is 2. The summed E-state index contributed by atoms with van der Waals surface area (Å²) in [6, 6.07) is 15.3. The van der Waals surface area contributed by atoms with Gasteiger partial charge < -0.3 is 20.1 Å². The summed E-state index contributed by atoms with van der Waals surface area (Å²) in [5.74, 6) is 1.45. The van der Waals surface area contributed by atoms with Gasteiger partial charge in [0.1, 0.15) is 6.61 Å². The molecule has 126 valence electrons. The Balaban J connectivity index is 1.49. The summed E-state index contributed by atoms with van der Waals surface area (Å²) in [5.41, 5.74) is 2.27. The Hall–Kier alpha value is -2.69. The van der Waals surface area contributed by atoms with Crippen LogP contribution < -0.4 is 20.1 Å². The van der Waals surface area contributed by atoms with Gasteiger partial charge in [-0.3, -0.25) is 0 Å². The number of ether oxygens (including phenoxy) is 2. The number of carbonyl (C=O) groups excluding carboxylic acids is 1. The second-order valence-electron chi connectivity index (χ2n) is 5.93. The molecule has 3 rings (SSSR count). The van der Waals surface area contributed by atoms with Gasteiger partial charge in [-0.05, 0) is 37.1 Å². The number of para-hydroxylation sites is 2. The van der Waals surface area contributed by atoms with Crippen LogP contribution in [0.2, 0.25) is 0 Å². The van der Waals surface area contributed by atoms with E-state index in [1.54, 1.807) is 0 Å². The summed E-state index contributed by atoms with van der Waals surface area (Å²) < 4.78 is 11.5. The van der Waals surface area contributed by atoms with Gasteiger partial charge in [-0.2, -0.15) is 0 Å². The molecular formula is C19H22N2O3. The minimum Gasteiger partial charge on any atom is -0.486 e. The zero-order valence-electron chi connectivity index (χ0n) is 13.9. The topological polar surface area (TPSA) is 59.6 Å². The van der Waals surface area contributed by atoms with E-state index in [4.69, 9.17) is 9.47 Å². The van der Waals surface area contributed by atoms with E-state index in [-0.39, 0.29) is 18.2 Å². The Morgan fingerprint density at radius 3 is 2.67 bits per heavy atom. The molecule has 2 atom stereocenters. The largest absolute Gasteiger partial charge is 0.486 e. The van der Waals surface area contributed by atoms with Crippen molar-refractivity contribution in [2.24, 2.45) is 0 Å². The molecule has 0 spiro atoms. The van der Waals surface area contributed by atoms with Crippen molar-refractivity contribution in [1.82, 2.24) is 10.6 Å². The van der Waals surface area contributed by atoms with Gasteiger partial charge in [-0.15, -0.1) is 0 Å². The van der Waals surface area contributed by atoms with Crippen LogP contribution in [0.5, 0.6) is 11.5 Å². The fourth-order valence-electron chi connectivity index (χ4n) is 2.77. The Kier molecular flexibility index (Phi) is 4.89. The third-order valence-electron chi connectivity index (χ3n) is 4.06. The molecule has 0 aromatic heterocycles. The smallest absolute Gasteiger partial charge is 0.315 e. The van der Waals surface area contributed by atoms with Gasteiger partial charge in [0.2, 0.25) is 0 Å². The van der Waals surface area contributed by atoms with Gasteiger partial charge in [0.05, 0.1) is 12.6 Å². The monoisotopic (exact) mass is 326 g/mol. The molecule has 2 amide bonds. The van der Waals surface area contributed by atoms with Gasteiger partial charge in [0.25, 0.3) is 0 Å². The first-order valence-corrected chi connectivity index (χ1v) is 8.12. The molecule has 1 aliphatic rings. The average Bonchev–Trinajstić information content (AvgIpc) is 2.60. The van der Waals surface area contributed by atoms with Crippen molar-refractivity contribution >= 4 is 6.03 Å². The molecule has 0 aliphatic carbocycles. The zero-order valence-corrected chi connectivity index (χ0v) is 13.9. The maximum atomic E-state index is 12.1. The first kappa shape index (κ1) is 16.2. The number of hydrogen-bond acceptors (Lipinski definition) is 3. The maximum Gasteiger partial charge on any atom is 0.315 e. The van der Waals surface area contributed by atoms with E-state index in [0.29, 0.717) is 18.9 Å². The van der Waals surface area contributed by atoms with Gasteiger partial charge in [0, 0.05) is 0 Å². The summed E-state index contributed by atoms with van der Waals surface area (Å²) in [4.78, 5) is 12.1. The predicted octanol–water partition coefficient (Wildman–Crippen LogP) is 3.20.